The van der Waals surface area contributed by atoms with E-state index in [1.54, 1.807) is 0 Å². The highest BCUT2D eigenvalue weighted by Crippen LogP contribution is 2.32. The van der Waals surface area contributed by atoms with E-state index < -0.39 is 28.8 Å². The first kappa shape index (κ1) is 14.1. The Balaban J connectivity index is 3.25. The van der Waals surface area contributed by atoms with Crippen molar-refractivity contribution in [3.05, 3.63) is 41.6 Å². The SMILES string of the molecule is C=C(C(=O)c1cc(C(F)(F)F)ccc1O)N(C)C. The van der Waals surface area contributed by atoms with Gasteiger partial charge in [0.1, 0.15) is 5.75 Å². The van der Waals surface area contributed by atoms with E-state index in [1.807, 2.05) is 0 Å². The minimum atomic E-state index is -4.57. The monoisotopic (exact) mass is 259 g/mol. The third-order valence-corrected chi connectivity index (χ3v) is 2.37. The Morgan fingerprint density at radius 1 is 1.33 bits per heavy atom. The number of rotatable bonds is 3. The van der Waals surface area contributed by atoms with Crippen LogP contribution in [0.5, 0.6) is 5.75 Å². The Labute approximate surface area is 102 Å². The van der Waals surface area contributed by atoms with Gasteiger partial charge in [-0.25, -0.2) is 0 Å². The second kappa shape index (κ2) is 4.72. The van der Waals surface area contributed by atoms with E-state index >= 15 is 0 Å². The lowest BCUT2D eigenvalue weighted by Crippen LogP contribution is -2.19. The minimum Gasteiger partial charge on any atom is -0.507 e. The van der Waals surface area contributed by atoms with Crippen LogP contribution in [0.3, 0.4) is 0 Å². The minimum absolute atomic E-state index is 0.00961. The first-order valence-corrected chi connectivity index (χ1v) is 4.95. The Kier molecular flexibility index (Phi) is 3.69. The molecule has 0 fully saturated rings. The zero-order valence-electron chi connectivity index (χ0n) is 9.88. The number of allylic oxidation sites excluding steroid dienone is 1. The smallest absolute Gasteiger partial charge is 0.416 e. The van der Waals surface area contributed by atoms with Gasteiger partial charge >= 0.3 is 6.18 Å². The summed E-state index contributed by atoms with van der Waals surface area (Å²) in [5, 5.41) is 9.45. The first-order chi connectivity index (χ1) is 8.14. The molecule has 98 valence electrons. The number of benzene rings is 1. The van der Waals surface area contributed by atoms with Crippen molar-refractivity contribution in [3.8, 4) is 5.75 Å². The quantitative estimate of drug-likeness (QED) is 0.670. The predicted octanol–water partition coefficient (Wildman–Crippen LogP) is 2.67. The molecule has 0 saturated carbocycles. The third-order valence-electron chi connectivity index (χ3n) is 2.37. The Morgan fingerprint density at radius 2 is 1.89 bits per heavy atom. The van der Waals surface area contributed by atoms with Crippen LogP contribution in [0.1, 0.15) is 15.9 Å². The van der Waals surface area contributed by atoms with E-state index in [2.05, 4.69) is 6.58 Å². The zero-order valence-corrected chi connectivity index (χ0v) is 9.88. The van der Waals surface area contributed by atoms with Gasteiger partial charge in [-0.2, -0.15) is 13.2 Å². The van der Waals surface area contributed by atoms with Crippen molar-refractivity contribution in [1.82, 2.24) is 4.90 Å². The Hall–Kier alpha value is -1.98. The number of aromatic hydroxyl groups is 1. The molecule has 1 aromatic rings. The van der Waals surface area contributed by atoms with Crippen LogP contribution in [0.15, 0.2) is 30.5 Å². The highest BCUT2D eigenvalue weighted by atomic mass is 19.4. The van der Waals surface area contributed by atoms with Crippen molar-refractivity contribution in [2.45, 2.75) is 6.18 Å². The maximum Gasteiger partial charge on any atom is 0.416 e. The van der Waals surface area contributed by atoms with Gasteiger partial charge in [0.15, 0.2) is 0 Å². The molecule has 0 spiro atoms. The number of nitrogens with zero attached hydrogens (tertiary/aromatic N) is 1. The van der Waals surface area contributed by atoms with E-state index in [-0.39, 0.29) is 5.70 Å². The van der Waals surface area contributed by atoms with Gasteiger partial charge in [0.25, 0.3) is 0 Å². The van der Waals surface area contributed by atoms with Crippen LogP contribution < -0.4 is 0 Å². The number of hydrogen-bond acceptors (Lipinski definition) is 3. The maximum absolute atomic E-state index is 12.5. The largest absolute Gasteiger partial charge is 0.507 e. The average molecular weight is 259 g/mol. The van der Waals surface area contributed by atoms with Crippen LogP contribution in [-0.2, 0) is 6.18 Å². The van der Waals surface area contributed by atoms with Crippen molar-refractivity contribution in [3.63, 3.8) is 0 Å². The summed E-state index contributed by atoms with van der Waals surface area (Å²) in [6.45, 7) is 3.45. The van der Waals surface area contributed by atoms with Crippen molar-refractivity contribution in [2.24, 2.45) is 0 Å². The molecule has 6 heteroatoms. The molecule has 0 bridgehead atoms. The van der Waals surface area contributed by atoms with Crippen molar-refractivity contribution >= 4 is 5.78 Å². The van der Waals surface area contributed by atoms with Gasteiger partial charge in [0.2, 0.25) is 5.78 Å². The molecule has 0 aliphatic carbocycles. The fraction of sp³-hybridized carbons (Fsp3) is 0.250. The highest BCUT2D eigenvalue weighted by Gasteiger charge is 2.32. The van der Waals surface area contributed by atoms with Gasteiger partial charge in [-0.1, -0.05) is 6.58 Å². The second-order valence-electron chi connectivity index (χ2n) is 3.90. The fourth-order valence-electron chi connectivity index (χ4n) is 1.25. The third kappa shape index (κ3) is 2.82. The number of hydrogen-bond donors (Lipinski definition) is 1. The topological polar surface area (TPSA) is 40.5 Å². The molecule has 0 aliphatic rings. The molecule has 0 saturated heterocycles. The summed E-state index contributed by atoms with van der Waals surface area (Å²) in [5.41, 5.74) is -1.41. The standard InChI is InChI=1S/C12H12F3NO2/c1-7(16(2)3)11(18)9-6-8(12(13,14)15)4-5-10(9)17/h4-6,17H,1H2,2-3H3. The molecule has 0 aromatic heterocycles. The number of phenolic OH excluding ortho intramolecular Hbond substituents is 1. The van der Waals surface area contributed by atoms with E-state index in [0.717, 1.165) is 6.07 Å². The lowest BCUT2D eigenvalue weighted by atomic mass is 10.0. The molecule has 1 rings (SSSR count). The van der Waals surface area contributed by atoms with Crippen LogP contribution in [0, 0.1) is 0 Å². The van der Waals surface area contributed by atoms with Gasteiger partial charge < -0.3 is 10.0 Å². The Morgan fingerprint density at radius 3 is 2.33 bits per heavy atom. The summed E-state index contributed by atoms with van der Waals surface area (Å²) in [6.07, 6.45) is -4.57. The van der Waals surface area contributed by atoms with E-state index in [1.165, 1.54) is 19.0 Å². The molecule has 18 heavy (non-hydrogen) atoms. The maximum atomic E-state index is 12.5. The van der Waals surface area contributed by atoms with Gasteiger partial charge in [-0.15, -0.1) is 0 Å². The summed E-state index contributed by atoms with van der Waals surface area (Å²) in [6, 6.07) is 2.18. The lowest BCUT2D eigenvalue weighted by molar-refractivity contribution is -0.137. The molecule has 0 unspecified atom stereocenters. The number of ketones is 1. The van der Waals surface area contributed by atoms with E-state index in [0.29, 0.717) is 12.1 Å². The molecule has 3 nitrogen and oxygen atoms in total. The molecule has 0 atom stereocenters. The molecule has 0 radical (unpaired) electrons. The van der Waals surface area contributed by atoms with Gasteiger partial charge in [0.05, 0.1) is 16.8 Å². The predicted molar refractivity (Wildman–Crippen MR) is 60.3 cm³/mol. The second-order valence-corrected chi connectivity index (χ2v) is 3.90. The molecule has 0 amide bonds. The molecule has 1 aromatic carbocycles. The highest BCUT2D eigenvalue weighted by molar-refractivity contribution is 6.09. The van der Waals surface area contributed by atoms with E-state index in [4.69, 9.17) is 0 Å². The normalized spacial score (nSPS) is 11.2. The first-order valence-electron chi connectivity index (χ1n) is 4.95. The summed E-state index contributed by atoms with van der Waals surface area (Å²) >= 11 is 0. The van der Waals surface area contributed by atoms with Crippen LogP contribution in [-0.4, -0.2) is 29.9 Å². The molecular weight excluding hydrogens is 247 g/mol. The lowest BCUT2D eigenvalue weighted by Gasteiger charge is -2.16. The van der Waals surface area contributed by atoms with Gasteiger partial charge in [-0.3, -0.25) is 4.79 Å². The molecular formula is C12H12F3NO2. The number of alkyl halides is 3. The number of carbonyl (C=O) groups excluding carboxylic acids is 1. The zero-order chi connectivity index (χ0) is 14.1. The number of halogens is 3. The van der Waals surface area contributed by atoms with Crippen LogP contribution >= 0.6 is 0 Å². The summed E-state index contributed by atoms with van der Waals surface area (Å²) in [5.74, 6) is -1.25. The number of likely N-dealkylation sites (N-methyl/N-ethyl adjacent to an activating group) is 1. The molecule has 0 heterocycles. The summed E-state index contributed by atoms with van der Waals surface area (Å²) < 4.78 is 37.5. The Bertz CT molecular complexity index is 493. The van der Waals surface area contributed by atoms with E-state index in [9.17, 15) is 23.1 Å². The number of carbonyl (C=O) groups is 1. The van der Waals surface area contributed by atoms with Crippen LogP contribution in [0.2, 0.25) is 0 Å². The van der Waals surface area contributed by atoms with Crippen LogP contribution in [0.4, 0.5) is 13.2 Å². The van der Waals surface area contributed by atoms with Gasteiger partial charge in [-0.05, 0) is 18.2 Å². The summed E-state index contributed by atoms with van der Waals surface area (Å²) in [4.78, 5) is 13.2. The van der Waals surface area contributed by atoms with Gasteiger partial charge in [0, 0.05) is 14.1 Å². The average Bonchev–Trinajstić information content (AvgIpc) is 2.26. The van der Waals surface area contributed by atoms with Crippen molar-refractivity contribution in [2.75, 3.05) is 14.1 Å². The molecule has 1 N–H and O–H groups in total. The summed E-state index contributed by atoms with van der Waals surface area (Å²) in [7, 11) is 3.07. The fourth-order valence-corrected chi connectivity index (χ4v) is 1.25. The van der Waals surface area contributed by atoms with Crippen LogP contribution in [0.25, 0.3) is 0 Å². The number of Topliss-reactive ketones (excluding diaryl/α,β-unsaturated/α-hetero) is 1. The molecule has 0 aliphatic heterocycles. The van der Waals surface area contributed by atoms with Crippen molar-refractivity contribution in [1.29, 1.82) is 0 Å². The number of phenols is 1. The van der Waals surface area contributed by atoms with Crippen molar-refractivity contribution < 1.29 is 23.1 Å².